The number of carbonyl (C=O) groups is 3. The quantitative estimate of drug-likeness (QED) is 0.0263. The first kappa shape index (κ1) is 56.6. The molecule has 1 atom stereocenters. The Labute approximate surface area is 365 Å². The van der Waals surface area contributed by atoms with Crippen molar-refractivity contribution in [3.63, 3.8) is 0 Å². The molecule has 0 radical (unpaired) electrons. The van der Waals surface area contributed by atoms with E-state index in [9.17, 15) is 14.4 Å². The van der Waals surface area contributed by atoms with E-state index in [2.05, 4.69) is 57.2 Å². The summed E-state index contributed by atoms with van der Waals surface area (Å²) in [5.74, 6) is -0.881. The van der Waals surface area contributed by atoms with E-state index >= 15 is 0 Å². The Balaban J connectivity index is 4.36. The summed E-state index contributed by atoms with van der Waals surface area (Å²) in [4.78, 5) is 37.9. The molecule has 0 heterocycles. The molecule has 0 N–H and O–H groups in total. The van der Waals surface area contributed by atoms with Crippen molar-refractivity contribution >= 4 is 17.9 Å². The molecule has 0 saturated carbocycles. The minimum absolute atomic E-state index is 0.0736. The molecule has 0 aromatic rings. The van der Waals surface area contributed by atoms with Gasteiger partial charge in [0.2, 0.25) is 0 Å². The normalized spacial score (nSPS) is 12.3. The first-order valence-corrected chi connectivity index (χ1v) is 25.5. The SMILES string of the molecule is CC/C=C\C/C=C\C/C=C\CCCCCCCC(=O)OC[C@@H](COC(=O)CCCCCCCCCCCCC)OC(=O)CCCCCCCCCCCCCCCCC. The summed E-state index contributed by atoms with van der Waals surface area (Å²) in [6.07, 6.45) is 55.5. The molecule has 0 aliphatic rings. The van der Waals surface area contributed by atoms with Crippen LogP contribution >= 0.6 is 0 Å². The zero-order chi connectivity index (χ0) is 43.0. The molecule has 0 aromatic carbocycles. The minimum Gasteiger partial charge on any atom is -0.462 e. The Kier molecular flexibility index (Phi) is 46.4. The van der Waals surface area contributed by atoms with E-state index in [0.717, 1.165) is 96.3 Å². The van der Waals surface area contributed by atoms with Crippen LogP contribution in [0.4, 0.5) is 0 Å². The predicted octanol–water partition coefficient (Wildman–Crippen LogP) is 16.5. The fraction of sp³-hybridized carbons (Fsp3) is 0.830. The molecular weight excluding hydrogens is 733 g/mol. The van der Waals surface area contributed by atoms with Gasteiger partial charge in [-0.25, -0.2) is 0 Å². The second-order valence-electron chi connectivity index (χ2n) is 17.1. The Hall–Kier alpha value is -2.37. The molecule has 0 amide bonds. The third-order valence-electron chi connectivity index (χ3n) is 11.2. The molecule has 0 rings (SSSR count). The van der Waals surface area contributed by atoms with Gasteiger partial charge in [-0.3, -0.25) is 14.4 Å². The van der Waals surface area contributed by atoms with Crippen LogP contribution < -0.4 is 0 Å². The summed E-state index contributed by atoms with van der Waals surface area (Å²) in [6, 6.07) is 0. The van der Waals surface area contributed by atoms with Crippen LogP contribution in [0.1, 0.15) is 265 Å². The smallest absolute Gasteiger partial charge is 0.306 e. The van der Waals surface area contributed by atoms with Crippen molar-refractivity contribution in [3.8, 4) is 0 Å². The maximum absolute atomic E-state index is 12.8. The molecule has 344 valence electrons. The van der Waals surface area contributed by atoms with Gasteiger partial charge in [0.25, 0.3) is 0 Å². The fourth-order valence-corrected chi connectivity index (χ4v) is 7.34. The van der Waals surface area contributed by atoms with Crippen molar-refractivity contribution in [2.24, 2.45) is 0 Å². The van der Waals surface area contributed by atoms with Gasteiger partial charge in [0.1, 0.15) is 13.2 Å². The van der Waals surface area contributed by atoms with Crippen LogP contribution in [-0.2, 0) is 28.6 Å². The number of carbonyl (C=O) groups excluding carboxylic acids is 3. The molecule has 0 saturated heterocycles. The lowest BCUT2D eigenvalue weighted by Crippen LogP contribution is -2.30. The van der Waals surface area contributed by atoms with Gasteiger partial charge in [0, 0.05) is 19.3 Å². The van der Waals surface area contributed by atoms with Crippen LogP contribution in [0.3, 0.4) is 0 Å². The lowest BCUT2D eigenvalue weighted by Gasteiger charge is -2.18. The highest BCUT2D eigenvalue weighted by molar-refractivity contribution is 5.71. The summed E-state index contributed by atoms with van der Waals surface area (Å²) < 4.78 is 16.8. The van der Waals surface area contributed by atoms with E-state index < -0.39 is 6.10 Å². The first-order valence-electron chi connectivity index (χ1n) is 25.5. The Morgan fingerprint density at radius 1 is 0.356 bits per heavy atom. The number of ether oxygens (including phenoxy) is 3. The zero-order valence-electron chi connectivity index (χ0n) is 39.3. The maximum atomic E-state index is 12.8. The van der Waals surface area contributed by atoms with Crippen molar-refractivity contribution < 1.29 is 28.6 Å². The van der Waals surface area contributed by atoms with Gasteiger partial charge >= 0.3 is 17.9 Å². The molecule has 0 bridgehead atoms. The molecule has 0 spiro atoms. The Morgan fingerprint density at radius 2 is 0.661 bits per heavy atom. The standard InChI is InChI=1S/C53H96O6/c1-4-7-10-13-16-19-22-24-26-28-31-34-37-40-43-46-52(55)58-49-50(48-57-51(54)45-42-39-36-33-30-21-18-15-12-9-6-3)59-53(56)47-44-41-38-35-32-29-27-25-23-20-17-14-11-8-5-2/h7,10,16,19,24,26,50H,4-6,8-9,11-15,17-18,20-23,25,27-49H2,1-3H3/b10-7-,19-16-,26-24-/t50-/m1/s1. The number of rotatable bonds is 46. The van der Waals surface area contributed by atoms with Crippen LogP contribution in [-0.4, -0.2) is 37.2 Å². The second kappa shape index (κ2) is 48.3. The van der Waals surface area contributed by atoms with E-state index in [1.54, 1.807) is 0 Å². The van der Waals surface area contributed by atoms with E-state index in [0.29, 0.717) is 19.3 Å². The third-order valence-corrected chi connectivity index (χ3v) is 11.2. The van der Waals surface area contributed by atoms with Gasteiger partial charge in [-0.05, 0) is 51.4 Å². The van der Waals surface area contributed by atoms with E-state index in [1.807, 2.05) is 0 Å². The minimum atomic E-state index is -0.773. The topological polar surface area (TPSA) is 78.9 Å². The second-order valence-corrected chi connectivity index (χ2v) is 17.1. The summed E-state index contributed by atoms with van der Waals surface area (Å²) >= 11 is 0. The highest BCUT2D eigenvalue weighted by Gasteiger charge is 2.19. The molecule has 6 heteroatoms. The number of allylic oxidation sites excluding steroid dienone is 6. The van der Waals surface area contributed by atoms with Crippen molar-refractivity contribution in [1.29, 1.82) is 0 Å². The van der Waals surface area contributed by atoms with Gasteiger partial charge in [0.05, 0.1) is 0 Å². The molecule has 0 aliphatic heterocycles. The van der Waals surface area contributed by atoms with Crippen molar-refractivity contribution in [1.82, 2.24) is 0 Å². The Morgan fingerprint density at radius 3 is 1.03 bits per heavy atom. The van der Waals surface area contributed by atoms with Crippen LogP contribution in [0.2, 0.25) is 0 Å². The Bertz CT molecular complexity index is 1000. The largest absolute Gasteiger partial charge is 0.462 e. The third kappa shape index (κ3) is 46.5. The van der Waals surface area contributed by atoms with Gasteiger partial charge in [-0.1, -0.05) is 231 Å². The molecule has 6 nitrogen and oxygen atoms in total. The number of hydrogen-bond donors (Lipinski definition) is 0. The van der Waals surface area contributed by atoms with Crippen LogP contribution in [0.5, 0.6) is 0 Å². The number of esters is 3. The predicted molar refractivity (Wildman–Crippen MR) is 252 cm³/mol. The van der Waals surface area contributed by atoms with Crippen molar-refractivity contribution in [3.05, 3.63) is 36.5 Å². The van der Waals surface area contributed by atoms with Crippen LogP contribution in [0.25, 0.3) is 0 Å². The number of unbranched alkanes of at least 4 members (excludes halogenated alkanes) is 29. The first-order chi connectivity index (χ1) is 29.0. The molecular formula is C53H96O6. The molecule has 0 aromatic heterocycles. The van der Waals surface area contributed by atoms with E-state index in [1.165, 1.54) is 128 Å². The van der Waals surface area contributed by atoms with Crippen LogP contribution in [0.15, 0.2) is 36.5 Å². The lowest BCUT2D eigenvalue weighted by atomic mass is 10.0. The van der Waals surface area contributed by atoms with Gasteiger partial charge in [-0.2, -0.15) is 0 Å². The van der Waals surface area contributed by atoms with E-state index in [-0.39, 0.29) is 31.1 Å². The van der Waals surface area contributed by atoms with Gasteiger partial charge in [-0.15, -0.1) is 0 Å². The average Bonchev–Trinajstić information content (AvgIpc) is 3.23. The summed E-state index contributed by atoms with van der Waals surface area (Å²) in [5, 5.41) is 0. The van der Waals surface area contributed by atoms with Crippen molar-refractivity contribution in [2.45, 2.75) is 271 Å². The summed E-state index contributed by atoms with van der Waals surface area (Å²) in [5.41, 5.74) is 0. The molecule has 0 unspecified atom stereocenters. The lowest BCUT2D eigenvalue weighted by molar-refractivity contribution is -0.167. The van der Waals surface area contributed by atoms with E-state index in [4.69, 9.17) is 14.2 Å². The van der Waals surface area contributed by atoms with Crippen molar-refractivity contribution in [2.75, 3.05) is 13.2 Å². The molecule has 0 fully saturated rings. The summed E-state index contributed by atoms with van der Waals surface area (Å²) in [7, 11) is 0. The summed E-state index contributed by atoms with van der Waals surface area (Å²) in [6.45, 7) is 6.53. The van der Waals surface area contributed by atoms with Crippen LogP contribution in [0, 0.1) is 0 Å². The van der Waals surface area contributed by atoms with Gasteiger partial charge in [0.15, 0.2) is 6.10 Å². The zero-order valence-corrected chi connectivity index (χ0v) is 39.3. The maximum Gasteiger partial charge on any atom is 0.306 e. The monoisotopic (exact) mass is 829 g/mol. The highest BCUT2D eigenvalue weighted by atomic mass is 16.6. The molecule has 0 aliphatic carbocycles. The number of hydrogen-bond acceptors (Lipinski definition) is 6. The highest BCUT2D eigenvalue weighted by Crippen LogP contribution is 2.16. The average molecular weight is 829 g/mol. The fourth-order valence-electron chi connectivity index (χ4n) is 7.34. The van der Waals surface area contributed by atoms with Gasteiger partial charge < -0.3 is 14.2 Å². The molecule has 59 heavy (non-hydrogen) atoms.